The molecule has 1 atom stereocenters. The molecule has 3 aromatic rings. The lowest BCUT2D eigenvalue weighted by Crippen LogP contribution is -2.38. The van der Waals surface area contributed by atoms with Gasteiger partial charge in [0.05, 0.1) is 6.04 Å². The van der Waals surface area contributed by atoms with Crippen molar-refractivity contribution in [3.63, 3.8) is 0 Å². The molecule has 7 heteroatoms. The SMILES string of the molecule is O=C(NC[C@@H](c1cccs1)N1CCCCCC1)c1cc(-c2ccc(Cl)cc2)on1. The Morgan fingerprint density at radius 1 is 1.17 bits per heavy atom. The Hall–Kier alpha value is -2.15. The van der Waals surface area contributed by atoms with Gasteiger partial charge in [0.2, 0.25) is 0 Å². The van der Waals surface area contributed by atoms with Crippen molar-refractivity contribution >= 4 is 28.8 Å². The van der Waals surface area contributed by atoms with Crippen molar-refractivity contribution in [3.05, 3.63) is 63.4 Å². The minimum absolute atomic E-state index is 0.194. The van der Waals surface area contributed by atoms with Crippen molar-refractivity contribution in [1.82, 2.24) is 15.4 Å². The molecule has 29 heavy (non-hydrogen) atoms. The lowest BCUT2D eigenvalue weighted by Gasteiger charge is -2.30. The molecule has 0 bridgehead atoms. The zero-order chi connectivity index (χ0) is 20.1. The molecule has 0 radical (unpaired) electrons. The zero-order valence-corrected chi connectivity index (χ0v) is 17.7. The van der Waals surface area contributed by atoms with Gasteiger partial charge in [0.15, 0.2) is 11.5 Å². The summed E-state index contributed by atoms with van der Waals surface area (Å²) in [7, 11) is 0. The standard InChI is InChI=1S/C22H24ClN3O2S/c23-17-9-7-16(8-10-17)20-14-18(25-28-20)22(27)24-15-19(21-6-5-13-29-21)26-11-3-1-2-4-12-26/h5-10,13-14,19H,1-4,11-12,15H2,(H,24,27)/t19-/m0/s1. The van der Waals surface area contributed by atoms with Gasteiger partial charge in [0.1, 0.15) is 0 Å². The predicted molar refractivity (Wildman–Crippen MR) is 116 cm³/mol. The third kappa shape index (κ3) is 5.07. The van der Waals surface area contributed by atoms with E-state index in [0.717, 1.165) is 18.7 Å². The zero-order valence-electron chi connectivity index (χ0n) is 16.1. The van der Waals surface area contributed by atoms with E-state index in [1.54, 1.807) is 29.5 Å². The molecule has 1 aromatic carbocycles. The first-order valence-corrected chi connectivity index (χ1v) is 11.2. The van der Waals surface area contributed by atoms with Crippen LogP contribution in [-0.2, 0) is 0 Å². The number of aromatic nitrogens is 1. The molecular formula is C22H24ClN3O2S. The number of nitrogens with zero attached hydrogens (tertiary/aromatic N) is 2. The first kappa shape index (κ1) is 20.1. The number of thiophene rings is 1. The van der Waals surface area contributed by atoms with Crippen molar-refractivity contribution < 1.29 is 9.32 Å². The molecule has 152 valence electrons. The molecule has 3 heterocycles. The van der Waals surface area contributed by atoms with Gasteiger partial charge in [-0.05, 0) is 61.6 Å². The highest BCUT2D eigenvalue weighted by atomic mass is 35.5. The van der Waals surface area contributed by atoms with Crippen LogP contribution in [0.2, 0.25) is 5.02 Å². The molecule has 1 aliphatic heterocycles. The number of hydrogen-bond acceptors (Lipinski definition) is 5. The van der Waals surface area contributed by atoms with Crippen molar-refractivity contribution in [1.29, 1.82) is 0 Å². The van der Waals surface area contributed by atoms with Gasteiger partial charge in [-0.15, -0.1) is 11.3 Å². The first-order valence-electron chi connectivity index (χ1n) is 9.99. The maximum atomic E-state index is 12.7. The largest absolute Gasteiger partial charge is 0.355 e. The van der Waals surface area contributed by atoms with Gasteiger partial charge in [-0.1, -0.05) is 35.7 Å². The van der Waals surface area contributed by atoms with Crippen LogP contribution in [0, 0.1) is 0 Å². The van der Waals surface area contributed by atoms with Crippen molar-refractivity contribution in [2.75, 3.05) is 19.6 Å². The van der Waals surface area contributed by atoms with Crippen molar-refractivity contribution in [2.45, 2.75) is 31.7 Å². The summed E-state index contributed by atoms with van der Waals surface area (Å²) in [6.45, 7) is 2.70. The Balaban J connectivity index is 1.43. The Morgan fingerprint density at radius 2 is 1.93 bits per heavy atom. The van der Waals surface area contributed by atoms with Crippen LogP contribution >= 0.6 is 22.9 Å². The van der Waals surface area contributed by atoms with E-state index in [0.29, 0.717) is 17.3 Å². The lowest BCUT2D eigenvalue weighted by molar-refractivity contribution is 0.0925. The van der Waals surface area contributed by atoms with E-state index in [1.807, 2.05) is 12.1 Å². The van der Waals surface area contributed by atoms with Crippen LogP contribution in [0.3, 0.4) is 0 Å². The molecule has 1 amide bonds. The summed E-state index contributed by atoms with van der Waals surface area (Å²) in [6.07, 6.45) is 4.99. The number of nitrogens with one attached hydrogen (secondary N) is 1. The topological polar surface area (TPSA) is 58.4 Å². The van der Waals surface area contributed by atoms with Crippen LogP contribution in [0.5, 0.6) is 0 Å². The number of hydrogen-bond donors (Lipinski definition) is 1. The van der Waals surface area contributed by atoms with Gasteiger partial charge >= 0.3 is 0 Å². The summed E-state index contributed by atoms with van der Waals surface area (Å²) in [4.78, 5) is 16.5. The second-order valence-electron chi connectivity index (χ2n) is 7.27. The van der Waals surface area contributed by atoms with E-state index >= 15 is 0 Å². The van der Waals surface area contributed by atoms with Gasteiger partial charge in [-0.25, -0.2) is 0 Å². The molecule has 1 fully saturated rings. The molecule has 1 saturated heterocycles. The minimum Gasteiger partial charge on any atom is -0.355 e. The number of rotatable bonds is 6. The number of likely N-dealkylation sites (tertiary alicyclic amines) is 1. The van der Waals surface area contributed by atoms with Crippen LogP contribution in [0.4, 0.5) is 0 Å². The summed E-state index contributed by atoms with van der Waals surface area (Å²) in [5, 5.41) is 9.76. The normalized spacial score (nSPS) is 16.3. The summed E-state index contributed by atoms with van der Waals surface area (Å²) in [5.74, 6) is 0.333. The van der Waals surface area contributed by atoms with Crippen LogP contribution in [0.1, 0.15) is 47.1 Å². The number of carbonyl (C=O) groups is 1. The molecule has 0 saturated carbocycles. The lowest BCUT2D eigenvalue weighted by atomic mass is 10.1. The first-order chi connectivity index (χ1) is 14.2. The number of halogens is 1. The third-order valence-electron chi connectivity index (χ3n) is 5.28. The van der Waals surface area contributed by atoms with Gasteiger partial charge in [0.25, 0.3) is 5.91 Å². The maximum Gasteiger partial charge on any atom is 0.273 e. The Bertz CT molecular complexity index is 916. The van der Waals surface area contributed by atoms with Crippen LogP contribution in [-0.4, -0.2) is 35.6 Å². The molecule has 5 nitrogen and oxygen atoms in total. The van der Waals surface area contributed by atoms with E-state index < -0.39 is 0 Å². The van der Waals surface area contributed by atoms with E-state index in [2.05, 4.69) is 32.9 Å². The summed E-state index contributed by atoms with van der Waals surface area (Å²) >= 11 is 7.67. The van der Waals surface area contributed by atoms with E-state index in [4.69, 9.17) is 16.1 Å². The minimum atomic E-state index is -0.217. The maximum absolute atomic E-state index is 12.7. The fourth-order valence-corrected chi connectivity index (χ4v) is 4.70. The molecule has 4 rings (SSSR count). The monoisotopic (exact) mass is 429 g/mol. The van der Waals surface area contributed by atoms with Crippen LogP contribution < -0.4 is 5.32 Å². The number of benzene rings is 1. The highest BCUT2D eigenvalue weighted by Gasteiger charge is 2.24. The second-order valence-corrected chi connectivity index (χ2v) is 8.69. The molecule has 2 aromatic heterocycles. The summed E-state index contributed by atoms with van der Waals surface area (Å²) < 4.78 is 5.36. The van der Waals surface area contributed by atoms with Gasteiger partial charge in [-0.2, -0.15) is 0 Å². The van der Waals surface area contributed by atoms with Crippen molar-refractivity contribution in [3.8, 4) is 11.3 Å². The average Bonchev–Trinajstić information content (AvgIpc) is 3.37. The Kier molecular flexibility index (Phi) is 6.64. The van der Waals surface area contributed by atoms with Gasteiger partial charge < -0.3 is 9.84 Å². The average molecular weight is 430 g/mol. The van der Waals surface area contributed by atoms with E-state index in [1.165, 1.54) is 30.6 Å². The molecule has 0 aliphatic carbocycles. The predicted octanol–water partition coefficient (Wildman–Crippen LogP) is 5.40. The summed E-state index contributed by atoms with van der Waals surface area (Å²) in [5.41, 5.74) is 1.12. The third-order valence-corrected chi connectivity index (χ3v) is 6.51. The second kappa shape index (κ2) is 9.57. The van der Waals surface area contributed by atoms with Gasteiger partial charge in [-0.3, -0.25) is 9.69 Å². The molecule has 0 unspecified atom stereocenters. The highest BCUT2D eigenvalue weighted by molar-refractivity contribution is 7.10. The molecule has 1 aliphatic rings. The van der Waals surface area contributed by atoms with Gasteiger partial charge in [0, 0.05) is 28.1 Å². The van der Waals surface area contributed by atoms with E-state index in [9.17, 15) is 4.79 Å². The number of amides is 1. The molecule has 1 N–H and O–H groups in total. The van der Waals surface area contributed by atoms with E-state index in [-0.39, 0.29) is 17.6 Å². The fraction of sp³-hybridized carbons (Fsp3) is 0.364. The highest BCUT2D eigenvalue weighted by Crippen LogP contribution is 2.27. The summed E-state index contributed by atoms with van der Waals surface area (Å²) in [6, 6.07) is 13.3. The van der Waals surface area contributed by atoms with Crippen LogP contribution in [0.15, 0.2) is 52.4 Å². The number of carbonyl (C=O) groups excluding carboxylic acids is 1. The molecular weight excluding hydrogens is 406 g/mol. The smallest absolute Gasteiger partial charge is 0.273 e. The fourth-order valence-electron chi connectivity index (χ4n) is 3.71. The Labute approximate surface area is 179 Å². The Morgan fingerprint density at radius 3 is 2.62 bits per heavy atom. The van der Waals surface area contributed by atoms with Crippen molar-refractivity contribution in [2.24, 2.45) is 0 Å². The van der Waals surface area contributed by atoms with Crippen LogP contribution in [0.25, 0.3) is 11.3 Å². The molecule has 0 spiro atoms. The quantitative estimate of drug-likeness (QED) is 0.569.